The summed E-state index contributed by atoms with van der Waals surface area (Å²) in [5, 5.41) is 19.4. The van der Waals surface area contributed by atoms with Crippen LogP contribution in [0.25, 0.3) is 76.5 Å². The van der Waals surface area contributed by atoms with Crippen LogP contribution in [0.3, 0.4) is 0 Å². The van der Waals surface area contributed by atoms with Gasteiger partial charge in [-0.25, -0.2) is 0 Å². The van der Waals surface area contributed by atoms with Gasteiger partial charge in [-0.15, -0.1) is 0 Å². The van der Waals surface area contributed by atoms with Crippen molar-refractivity contribution in [1.29, 1.82) is 5.26 Å². The molecule has 0 amide bonds. The molecule has 1 aliphatic rings. The summed E-state index contributed by atoms with van der Waals surface area (Å²) >= 11 is 0. The molecule has 41 heavy (non-hydrogen) atoms. The van der Waals surface area contributed by atoms with Crippen LogP contribution in [0.4, 0.5) is 0 Å². The topological polar surface area (TPSA) is 33.0 Å². The number of hydrogen-bond acceptors (Lipinski definition) is 2. The number of fused-ring (bicyclic) bond motifs is 2. The largest absolute Gasteiger partial charge is 0.456 e. The molecule has 1 heterocycles. The highest BCUT2D eigenvalue weighted by Gasteiger charge is 2.22. The van der Waals surface area contributed by atoms with Crippen molar-refractivity contribution in [2.75, 3.05) is 0 Å². The first-order valence-electron chi connectivity index (χ1n) is 13.8. The average Bonchev–Trinajstić information content (AvgIpc) is 3.03. The molecule has 0 unspecified atom stereocenters. The van der Waals surface area contributed by atoms with Gasteiger partial charge in [-0.05, 0) is 89.8 Å². The van der Waals surface area contributed by atoms with E-state index in [4.69, 9.17) is 4.74 Å². The second-order valence-corrected chi connectivity index (χ2v) is 10.8. The van der Waals surface area contributed by atoms with Crippen molar-refractivity contribution in [3.8, 4) is 50.9 Å². The molecular formula is C39H21NO. The van der Waals surface area contributed by atoms with Crippen LogP contribution >= 0.6 is 0 Å². The van der Waals surface area contributed by atoms with Gasteiger partial charge in [0.1, 0.15) is 11.5 Å². The number of ether oxygens (including phenoxy) is 1. The molecule has 0 saturated carbocycles. The summed E-state index contributed by atoms with van der Waals surface area (Å²) in [5.74, 6) is 1.56. The van der Waals surface area contributed by atoms with Gasteiger partial charge in [0.25, 0.3) is 0 Å². The normalized spacial score (nSPS) is 12.1. The summed E-state index contributed by atoms with van der Waals surface area (Å²) in [4.78, 5) is 0. The molecule has 0 spiro atoms. The van der Waals surface area contributed by atoms with E-state index in [0.29, 0.717) is 5.56 Å². The first kappa shape index (κ1) is 22.2. The third-order valence-electron chi connectivity index (χ3n) is 8.66. The molecule has 0 atom stereocenters. The fourth-order valence-electron chi connectivity index (χ4n) is 6.77. The van der Waals surface area contributed by atoms with E-state index in [2.05, 4.69) is 103 Å². The lowest BCUT2D eigenvalue weighted by molar-refractivity contribution is 0.487. The van der Waals surface area contributed by atoms with Gasteiger partial charge in [0, 0.05) is 10.9 Å². The minimum atomic E-state index is 0.598. The van der Waals surface area contributed by atoms with Crippen molar-refractivity contribution in [2.45, 2.75) is 0 Å². The molecule has 0 bridgehead atoms. The van der Waals surface area contributed by atoms with Crippen LogP contribution in [0, 0.1) is 11.3 Å². The lowest BCUT2D eigenvalue weighted by Crippen LogP contribution is -1.98. The fraction of sp³-hybridized carbons (Fsp3) is 0. The molecule has 0 fully saturated rings. The highest BCUT2D eigenvalue weighted by molar-refractivity contribution is 6.25. The van der Waals surface area contributed by atoms with Crippen molar-refractivity contribution in [3.63, 3.8) is 0 Å². The maximum Gasteiger partial charge on any atom is 0.136 e. The van der Waals surface area contributed by atoms with Crippen molar-refractivity contribution in [3.05, 3.63) is 133 Å². The van der Waals surface area contributed by atoms with Crippen molar-refractivity contribution >= 4 is 43.1 Å². The van der Waals surface area contributed by atoms with E-state index in [1.165, 1.54) is 54.6 Å². The maximum absolute atomic E-state index is 9.35. The first-order chi connectivity index (χ1) is 20.3. The van der Waals surface area contributed by atoms with E-state index in [0.717, 1.165) is 33.4 Å². The lowest BCUT2D eigenvalue weighted by atomic mass is 9.88. The van der Waals surface area contributed by atoms with E-state index >= 15 is 0 Å². The third-order valence-corrected chi connectivity index (χ3v) is 8.66. The Balaban J connectivity index is 1.18. The Morgan fingerprint density at radius 3 is 1.78 bits per heavy atom. The van der Waals surface area contributed by atoms with Gasteiger partial charge in [0.15, 0.2) is 0 Å². The standard InChI is InChI=1S/C39H21NO/c40-22-23-7-16-31-34-20-19-30(32-5-2-6-35(39(32)34)41-36(31)21-23)25-10-8-24(9-11-25)29-17-14-28-13-12-26-3-1-4-27-15-18-33(29)38(28)37(26)27/h1-21H. The van der Waals surface area contributed by atoms with Crippen LogP contribution < -0.4 is 4.74 Å². The van der Waals surface area contributed by atoms with Gasteiger partial charge in [0.05, 0.1) is 11.6 Å². The second kappa shape index (κ2) is 8.18. The predicted molar refractivity (Wildman–Crippen MR) is 169 cm³/mol. The highest BCUT2D eigenvalue weighted by atomic mass is 16.5. The van der Waals surface area contributed by atoms with Gasteiger partial charge in [-0.1, -0.05) is 103 Å². The van der Waals surface area contributed by atoms with Crippen LogP contribution in [0.2, 0.25) is 0 Å². The van der Waals surface area contributed by atoms with Crippen LogP contribution in [0.5, 0.6) is 11.5 Å². The Bertz CT molecular complexity index is 2380. The van der Waals surface area contributed by atoms with Crippen molar-refractivity contribution < 1.29 is 4.74 Å². The molecule has 0 N–H and O–H groups in total. The molecule has 188 valence electrons. The quantitative estimate of drug-likeness (QED) is 0.213. The molecule has 8 aromatic rings. The summed E-state index contributed by atoms with van der Waals surface area (Å²) in [7, 11) is 0. The number of nitrogens with zero attached hydrogens (tertiary/aromatic N) is 1. The summed E-state index contributed by atoms with van der Waals surface area (Å²) < 4.78 is 6.30. The molecular weight excluding hydrogens is 498 g/mol. The van der Waals surface area contributed by atoms with Gasteiger partial charge in [-0.3, -0.25) is 0 Å². The fourth-order valence-corrected chi connectivity index (χ4v) is 6.77. The zero-order valence-corrected chi connectivity index (χ0v) is 22.0. The number of benzene rings is 8. The molecule has 2 heteroatoms. The zero-order chi connectivity index (χ0) is 27.1. The Kier molecular flexibility index (Phi) is 4.43. The average molecular weight is 520 g/mol. The van der Waals surface area contributed by atoms with E-state index in [1.807, 2.05) is 30.3 Å². The third kappa shape index (κ3) is 3.12. The van der Waals surface area contributed by atoms with Gasteiger partial charge in [-0.2, -0.15) is 5.26 Å². The SMILES string of the molecule is N#Cc1ccc2c(c1)Oc1cccc3c(-c4ccc(-c5ccc6ccc7cccc8ccc5c6c78)cc4)ccc-2c13. The molecule has 0 saturated heterocycles. The monoisotopic (exact) mass is 519 g/mol. The highest BCUT2D eigenvalue weighted by Crippen LogP contribution is 2.49. The van der Waals surface area contributed by atoms with Crippen LogP contribution in [0.15, 0.2) is 127 Å². The summed E-state index contributed by atoms with van der Waals surface area (Å²) in [6, 6.07) is 47.5. The van der Waals surface area contributed by atoms with Crippen LogP contribution in [-0.4, -0.2) is 0 Å². The van der Waals surface area contributed by atoms with E-state index in [1.54, 1.807) is 0 Å². The van der Waals surface area contributed by atoms with Gasteiger partial charge >= 0.3 is 0 Å². The minimum Gasteiger partial charge on any atom is -0.456 e. The number of nitriles is 1. The summed E-state index contributed by atoms with van der Waals surface area (Å²) in [6.45, 7) is 0. The van der Waals surface area contributed by atoms with Gasteiger partial charge < -0.3 is 4.74 Å². The van der Waals surface area contributed by atoms with Gasteiger partial charge in [0.2, 0.25) is 0 Å². The molecule has 2 nitrogen and oxygen atoms in total. The molecule has 8 aromatic carbocycles. The summed E-state index contributed by atoms with van der Waals surface area (Å²) in [6.07, 6.45) is 0. The Labute approximate surface area is 236 Å². The molecule has 9 rings (SSSR count). The molecule has 0 aromatic heterocycles. The zero-order valence-electron chi connectivity index (χ0n) is 22.0. The maximum atomic E-state index is 9.35. The molecule has 0 aliphatic carbocycles. The van der Waals surface area contributed by atoms with Crippen molar-refractivity contribution in [2.24, 2.45) is 0 Å². The minimum absolute atomic E-state index is 0.598. The van der Waals surface area contributed by atoms with Crippen molar-refractivity contribution in [1.82, 2.24) is 0 Å². The number of hydrogen-bond donors (Lipinski definition) is 0. The van der Waals surface area contributed by atoms with Crippen LogP contribution in [0.1, 0.15) is 5.56 Å². The second-order valence-electron chi connectivity index (χ2n) is 10.8. The first-order valence-corrected chi connectivity index (χ1v) is 13.8. The van der Waals surface area contributed by atoms with Crippen LogP contribution in [-0.2, 0) is 0 Å². The predicted octanol–water partition coefficient (Wildman–Crippen LogP) is 10.7. The van der Waals surface area contributed by atoms with E-state index in [9.17, 15) is 5.26 Å². The lowest BCUT2D eigenvalue weighted by Gasteiger charge is -2.22. The summed E-state index contributed by atoms with van der Waals surface area (Å²) in [5.41, 5.74) is 7.55. The smallest absolute Gasteiger partial charge is 0.136 e. The van der Waals surface area contributed by atoms with E-state index in [-0.39, 0.29) is 0 Å². The molecule has 1 aliphatic heterocycles. The van der Waals surface area contributed by atoms with E-state index < -0.39 is 0 Å². The Morgan fingerprint density at radius 1 is 0.439 bits per heavy atom. The number of rotatable bonds is 2. The Hall–Kier alpha value is -5.65. The molecule has 0 radical (unpaired) electrons. The Morgan fingerprint density at radius 2 is 1.02 bits per heavy atom.